The van der Waals surface area contributed by atoms with Gasteiger partial charge >= 0.3 is 24.5 Å². The Bertz CT molecular complexity index is 317. The zero-order valence-corrected chi connectivity index (χ0v) is 9.76. The predicted molar refractivity (Wildman–Crippen MR) is 54.6 cm³/mol. The fourth-order valence-electron chi connectivity index (χ4n) is 0.812. The summed E-state index contributed by atoms with van der Waals surface area (Å²) in [5.74, 6) is -0.807. The Balaban J connectivity index is 4.58. The summed E-state index contributed by atoms with van der Waals surface area (Å²) in [6.45, 7) is 1.02. The third-order valence-corrected chi connectivity index (χ3v) is 1.68. The first kappa shape index (κ1) is 14.9. The standard InChI is InChI=1S/C9H13N2O6/c1-4-17-9(15)10(2)8(14)11(6-12)5-7(13)16-3/h4-5H2,1-3H3. The molecule has 4 amide bonds. The topological polar surface area (TPSA) is 93.2 Å². The summed E-state index contributed by atoms with van der Waals surface area (Å²) in [6, 6.07) is -1.02. The molecule has 0 heterocycles. The van der Waals surface area contributed by atoms with Gasteiger partial charge in [-0.05, 0) is 6.92 Å². The Morgan fingerprint density at radius 1 is 1.29 bits per heavy atom. The van der Waals surface area contributed by atoms with Crippen LogP contribution in [0.25, 0.3) is 0 Å². The van der Waals surface area contributed by atoms with Crippen LogP contribution < -0.4 is 0 Å². The van der Waals surface area contributed by atoms with Gasteiger partial charge in [-0.2, -0.15) is 0 Å². The molecule has 17 heavy (non-hydrogen) atoms. The molecule has 0 aromatic heterocycles. The van der Waals surface area contributed by atoms with E-state index in [1.807, 2.05) is 0 Å². The number of urea groups is 1. The summed E-state index contributed by atoms with van der Waals surface area (Å²) in [5.41, 5.74) is 0. The van der Waals surface area contributed by atoms with Crippen LogP contribution in [-0.4, -0.2) is 61.6 Å². The Morgan fingerprint density at radius 2 is 1.88 bits per heavy atom. The SMILES string of the molecule is CCOC(=O)N(C)C(=O)N([C]=O)CC(=O)OC. The van der Waals surface area contributed by atoms with Crippen LogP contribution in [0.3, 0.4) is 0 Å². The van der Waals surface area contributed by atoms with Crippen molar-refractivity contribution in [2.75, 3.05) is 27.3 Å². The van der Waals surface area contributed by atoms with Gasteiger partial charge in [-0.15, -0.1) is 0 Å². The molecule has 1 radical (unpaired) electrons. The van der Waals surface area contributed by atoms with Gasteiger partial charge in [-0.1, -0.05) is 0 Å². The van der Waals surface area contributed by atoms with Crippen molar-refractivity contribution in [3.63, 3.8) is 0 Å². The minimum atomic E-state index is -1.02. The Morgan fingerprint density at radius 3 is 2.29 bits per heavy atom. The number of imide groups is 2. The number of nitrogens with zero attached hydrogens (tertiary/aromatic N) is 2. The average molecular weight is 245 g/mol. The van der Waals surface area contributed by atoms with Gasteiger partial charge in [0, 0.05) is 7.05 Å². The molecule has 0 spiro atoms. The van der Waals surface area contributed by atoms with Crippen molar-refractivity contribution < 1.29 is 28.7 Å². The molecular weight excluding hydrogens is 232 g/mol. The largest absolute Gasteiger partial charge is 0.468 e. The molecule has 0 saturated carbocycles. The smallest absolute Gasteiger partial charge is 0.417 e. The fraction of sp³-hybridized carbons (Fsp3) is 0.556. The van der Waals surface area contributed by atoms with E-state index in [1.165, 1.54) is 6.41 Å². The van der Waals surface area contributed by atoms with Gasteiger partial charge in [0.25, 0.3) is 0 Å². The van der Waals surface area contributed by atoms with E-state index in [-0.39, 0.29) is 6.61 Å². The second-order valence-corrected chi connectivity index (χ2v) is 2.79. The summed E-state index contributed by atoms with van der Waals surface area (Å²) in [6.07, 6.45) is 0.300. The Kier molecular flexibility index (Phi) is 6.30. The van der Waals surface area contributed by atoms with Crippen LogP contribution in [0.5, 0.6) is 0 Å². The Labute approximate surface area is 98.1 Å². The van der Waals surface area contributed by atoms with E-state index in [4.69, 9.17) is 0 Å². The molecule has 0 aliphatic rings. The highest BCUT2D eigenvalue weighted by Gasteiger charge is 2.26. The molecule has 0 atom stereocenters. The molecule has 0 aromatic carbocycles. The van der Waals surface area contributed by atoms with Crippen LogP contribution in [0.1, 0.15) is 6.92 Å². The molecule has 0 rings (SSSR count). The first-order valence-corrected chi connectivity index (χ1v) is 4.64. The maximum atomic E-state index is 11.5. The van der Waals surface area contributed by atoms with Gasteiger partial charge in [0.2, 0.25) is 0 Å². The number of ether oxygens (including phenoxy) is 2. The van der Waals surface area contributed by atoms with Crippen molar-refractivity contribution in [3.05, 3.63) is 0 Å². The number of hydrogen-bond donors (Lipinski definition) is 0. The average Bonchev–Trinajstić information content (AvgIpc) is 2.33. The summed E-state index contributed by atoms with van der Waals surface area (Å²) in [7, 11) is 2.22. The zero-order valence-electron chi connectivity index (χ0n) is 9.76. The minimum absolute atomic E-state index is 0.0816. The number of rotatable bonds is 4. The molecule has 95 valence electrons. The van der Waals surface area contributed by atoms with Crippen LogP contribution in [0.15, 0.2) is 0 Å². The minimum Gasteiger partial charge on any atom is -0.468 e. The van der Waals surface area contributed by atoms with Crippen LogP contribution in [0, 0.1) is 0 Å². The third kappa shape index (κ3) is 4.49. The number of carbonyl (C=O) groups is 3. The molecule has 0 unspecified atom stereocenters. The van der Waals surface area contributed by atoms with Crippen LogP contribution in [-0.2, 0) is 19.1 Å². The van der Waals surface area contributed by atoms with Crippen molar-refractivity contribution in [1.29, 1.82) is 0 Å². The molecule has 0 saturated heterocycles. The summed E-state index contributed by atoms with van der Waals surface area (Å²) in [5, 5.41) is 0. The fourth-order valence-corrected chi connectivity index (χ4v) is 0.812. The first-order chi connectivity index (χ1) is 7.97. The van der Waals surface area contributed by atoms with E-state index in [0.717, 1.165) is 14.2 Å². The van der Waals surface area contributed by atoms with Crippen molar-refractivity contribution >= 4 is 24.5 Å². The van der Waals surface area contributed by atoms with Crippen LogP contribution in [0.4, 0.5) is 9.59 Å². The van der Waals surface area contributed by atoms with Gasteiger partial charge in [0.1, 0.15) is 6.54 Å². The van der Waals surface area contributed by atoms with E-state index in [1.54, 1.807) is 6.92 Å². The van der Waals surface area contributed by atoms with Gasteiger partial charge in [-0.3, -0.25) is 9.59 Å². The second kappa shape index (κ2) is 7.20. The monoisotopic (exact) mass is 245 g/mol. The highest BCUT2D eigenvalue weighted by atomic mass is 16.6. The number of carbonyl (C=O) groups excluding carboxylic acids is 4. The Hall–Kier alpha value is -2.12. The van der Waals surface area contributed by atoms with Gasteiger partial charge in [0.05, 0.1) is 13.7 Å². The van der Waals surface area contributed by atoms with Gasteiger partial charge < -0.3 is 9.47 Å². The highest BCUT2D eigenvalue weighted by Crippen LogP contribution is 1.98. The summed E-state index contributed by atoms with van der Waals surface area (Å²) >= 11 is 0. The van der Waals surface area contributed by atoms with Crippen molar-refractivity contribution in [3.8, 4) is 0 Å². The molecular formula is C9H13N2O6. The third-order valence-electron chi connectivity index (χ3n) is 1.68. The lowest BCUT2D eigenvalue weighted by atomic mass is 10.5. The lowest BCUT2D eigenvalue weighted by Crippen LogP contribution is -2.45. The summed E-state index contributed by atoms with van der Waals surface area (Å²) in [4.78, 5) is 45.0. The maximum absolute atomic E-state index is 11.5. The predicted octanol–water partition coefficient (Wildman–Crippen LogP) is -0.263. The number of hydrogen-bond acceptors (Lipinski definition) is 6. The van der Waals surface area contributed by atoms with E-state index in [2.05, 4.69) is 9.47 Å². The number of amides is 4. The lowest BCUT2D eigenvalue weighted by Gasteiger charge is -2.19. The maximum Gasteiger partial charge on any atom is 0.417 e. The van der Waals surface area contributed by atoms with Gasteiger partial charge in [0.15, 0.2) is 0 Å². The molecule has 0 aromatic rings. The first-order valence-electron chi connectivity index (χ1n) is 4.64. The van der Waals surface area contributed by atoms with Crippen LogP contribution >= 0.6 is 0 Å². The lowest BCUT2D eigenvalue weighted by molar-refractivity contribution is -0.140. The van der Waals surface area contributed by atoms with E-state index >= 15 is 0 Å². The van der Waals surface area contributed by atoms with Crippen molar-refractivity contribution in [2.24, 2.45) is 0 Å². The van der Waals surface area contributed by atoms with Crippen molar-refractivity contribution in [1.82, 2.24) is 9.80 Å². The molecule has 0 aliphatic heterocycles. The molecule has 8 heteroatoms. The number of methoxy groups -OCH3 is 1. The van der Waals surface area contributed by atoms with Gasteiger partial charge in [-0.25, -0.2) is 19.4 Å². The summed E-state index contributed by atoms with van der Waals surface area (Å²) < 4.78 is 8.82. The quantitative estimate of drug-likeness (QED) is 0.500. The zero-order chi connectivity index (χ0) is 13.4. The highest BCUT2D eigenvalue weighted by molar-refractivity contribution is 5.97. The molecule has 0 aliphatic carbocycles. The second-order valence-electron chi connectivity index (χ2n) is 2.79. The number of esters is 1. The van der Waals surface area contributed by atoms with E-state index in [9.17, 15) is 19.2 Å². The molecule has 8 nitrogen and oxygen atoms in total. The van der Waals surface area contributed by atoms with E-state index in [0.29, 0.717) is 9.80 Å². The molecule has 0 bridgehead atoms. The van der Waals surface area contributed by atoms with Crippen LogP contribution in [0.2, 0.25) is 0 Å². The normalized spacial score (nSPS) is 9.12. The molecule has 0 fully saturated rings. The van der Waals surface area contributed by atoms with Crippen molar-refractivity contribution in [2.45, 2.75) is 6.92 Å². The van der Waals surface area contributed by atoms with E-state index < -0.39 is 24.6 Å². The molecule has 0 N–H and O–H groups in total.